The van der Waals surface area contributed by atoms with Crippen molar-refractivity contribution in [3.05, 3.63) is 29.3 Å². The predicted octanol–water partition coefficient (Wildman–Crippen LogP) is 1.82. The molecule has 4 heteroatoms. The second-order valence-electron chi connectivity index (χ2n) is 5.84. The molecule has 20 heavy (non-hydrogen) atoms. The van der Waals surface area contributed by atoms with Crippen LogP contribution in [0.5, 0.6) is 5.75 Å². The van der Waals surface area contributed by atoms with Crippen molar-refractivity contribution in [1.82, 2.24) is 4.90 Å². The summed E-state index contributed by atoms with van der Waals surface area (Å²) >= 11 is 0. The van der Waals surface area contributed by atoms with Gasteiger partial charge in [0.15, 0.2) is 0 Å². The average molecular weight is 274 g/mol. The van der Waals surface area contributed by atoms with Crippen LogP contribution >= 0.6 is 0 Å². The first-order valence-electron chi connectivity index (χ1n) is 7.47. The van der Waals surface area contributed by atoms with Crippen molar-refractivity contribution in [3.63, 3.8) is 0 Å². The van der Waals surface area contributed by atoms with Crippen LogP contribution in [0.25, 0.3) is 0 Å². The van der Waals surface area contributed by atoms with Crippen LogP contribution in [0.3, 0.4) is 0 Å². The molecule has 0 bridgehead atoms. The van der Waals surface area contributed by atoms with Crippen molar-refractivity contribution >= 4 is 5.91 Å². The number of benzene rings is 1. The molecular formula is C16H22N2O2. The first-order chi connectivity index (χ1) is 9.70. The van der Waals surface area contributed by atoms with Gasteiger partial charge in [0.1, 0.15) is 5.75 Å². The number of hydrogen-bond acceptors (Lipinski definition) is 3. The maximum absolute atomic E-state index is 12.7. The minimum atomic E-state index is 0.113. The van der Waals surface area contributed by atoms with E-state index in [1.165, 1.54) is 0 Å². The summed E-state index contributed by atoms with van der Waals surface area (Å²) < 4.78 is 5.49. The molecule has 1 fully saturated rings. The Balaban J connectivity index is 1.84. The van der Waals surface area contributed by atoms with Crippen LogP contribution in [-0.2, 0) is 6.42 Å². The van der Waals surface area contributed by atoms with Crippen LogP contribution < -0.4 is 10.5 Å². The molecule has 0 unspecified atom stereocenters. The van der Waals surface area contributed by atoms with Crippen molar-refractivity contribution in [2.24, 2.45) is 11.7 Å². The third-order valence-corrected chi connectivity index (χ3v) is 4.55. The zero-order valence-electron chi connectivity index (χ0n) is 12.0. The van der Waals surface area contributed by atoms with Gasteiger partial charge in [0.05, 0.1) is 6.61 Å². The van der Waals surface area contributed by atoms with E-state index in [4.69, 9.17) is 10.5 Å². The lowest BCUT2D eigenvalue weighted by atomic mass is 9.90. The minimum Gasteiger partial charge on any atom is -0.493 e. The Morgan fingerprint density at radius 3 is 3.15 bits per heavy atom. The normalized spacial score (nSPS) is 25.2. The summed E-state index contributed by atoms with van der Waals surface area (Å²) in [6.07, 6.45) is 3.12. The molecule has 1 aromatic rings. The fraction of sp³-hybridized carbons (Fsp3) is 0.562. The molecule has 2 atom stereocenters. The van der Waals surface area contributed by atoms with E-state index in [9.17, 15) is 4.79 Å². The number of carbonyl (C=O) groups excluding carboxylic acids is 1. The second-order valence-corrected chi connectivity index (χ2v) is 5.84. The number of likely N-dealkylation sites (tertiary alicyclic amines) is 1. The van der Waals surface area contributed by atoms with Gasteiger partial charge in [-0.05, 0) is 42.5 Å². The SMILES string of the molecule is C[C@@H]1CCCN(C(=O)c2ccc3c(c2)CCO3)[C@H]1CN. The number of nitrogens with two attached hydrogens (primary N) is 1. The molecule has 2 N–H and O–H groups in total. The number of nitrogens with zero attached hydrogens (tertiary/aromatic N) is 1. The smallest absolute Gasteiger partial charge is 0.254 e. The highest BCUT2D eigenvalue weighted by atomic mass is 16.5. The topological polar surface area (TPSA) is 55.6 Å². The van der Waals surface area contributed by atoms with Crippen LogP contribution in [0.1, 0.15) is 35.7 Å². The highest BCUT2D eigenvalue weighted by molar-refractivity contribution is 5.95. The molecule has 0 aliphatic carbocycles. The van der Waals surface area contributed by atoms with E-state index in [0.717, 1.165) is 49.3 Å². The Kier molecular flexibility index (Phi) is 3.66. The lowest BCUT2D eigenvalue weighted by Crippen LogP contribution is -2.51. The second kappa shape index (κ2) is 5.44. The molecule has 1 saturated heterocycles. The highest BCUT2D eigenvalue weighted by Crippen LogP contribution is 2.28. The van der Waals surface area contributed by atoms with E-state index in [2.05, 4.69) is 6.92 Å². The molecule has 108 valence electrons. The molecule has 1 aromatic carbocycles. The third-order valence-electron chi connectivity index (χ3n) is 4.55. The molecular weight excluding hydrogens is 252 g/mol. The van der Waals surface area contributed by atoms with Gasteiger partial charge in [-0.1, -0.05) is 6.92 Å². The fourth-order valence-corrected chi connectivity index (χ4v) is 3.35. The maximum atomic E-state index is 12.7. The molecule has 1 amide bonds. The quantitative estimate of drug-likeness (QED) is 0.895. The van der Waals surface area contributed by atoms with Gasteiger partial charge in [0, 0.05) is 31.1 Å². The Labute approximate surface area is 119 Å². The first-order valence-corrected chi connectivity index (χ1v) is 7.47. The lowest BCUT2D eigenvalue weighted by Gasteiger charge is -2.39. The van der Waals surface area contributed by atoms with Crippen LogP contribution in [0, 0.1) is 5.92 Å². The van der Waals surface area contributed by atoms with Crippen LogP contribution in [-0.4, -0.2) is 36.5 Å². The van der Waals surface area contributed by atoms with E-state index in [1.807, 2.05) is 23.1 Å². The number of fused-ring (bicyclic) bond motifs is 1. The number of ether oxygens (including phenoxy) is 1. The third kappa shape index (κ3) is 2.29. The zero-order chi connectivity index (χ0) is 14.1. The summed E-state index contributed by atoms with van der Waals surface area (Å²) in [5.41, 5.74) is 7.79. The monoisotopic (exact) mass is 274 g/mol. The summed E-state index contributed by atoms with van der Waals surface area (Å²) in [5, 5.41) is 0. The standard InChI is InChI=1S/C16H22N2O2/c1-11-3-2-7-18(14(11)10-17)16(19)13-4-5-15-12(9-13)6-8-20-15/h4-5,9,11,14H,2-3,6-8,10,17H2,1H3/t11-,14+/m1/s1. The van der Waals surface area contributed by atoms with Gasteiger partial charge in [-0.15, -0.1) is 0 Å². The van der Waals surface area contributed by atoms with Crippen molar-refractivity contribution in [3.8, 4) is 5.75 Å². The minimum absolute atomic E-state index is 0.113. The van der Waals surface area contributed by atoms with Gasteiger partial charge in [0.2, 0.25) is 0 Å². The maximum Gasteiger partial charge on any atom is 0.254 e. The number of piperidine rings is 1. The number of amides is 1. The first kappa shape index (κ1) is 13.4. The van der Waals surface area contributed by atoms with Gasteiger partial charge in [-0.2, -0.15) is 0 Å². The van der Waals surface area contributed by atoms with E-state index >= 15 is 0 Å². The van der Waals surface area contributed by atoms with E-state index in [-0.39, 0.29) is 11.9 Å². The van der Waals surface area contributed by atoms with Crippen molar-refractivity contribution in [2.75, 3.05) is 19.7 Å². The zero-order valence-corrected chi connectivity index (χ0v) is 12.0. The summed E-state index contributed by atoms with van der Waals surface area (Å²) in [5.74, 6) is 1.51. The molecule has 3 rings (SSSR count). The van der Waals surface area contributed by atoms with Gasteiger partial charge >= 0.3 is 0 Å². The molecule has 0 radical (unpaired) electrons. The summed E-state index contributed by atoms with van der Waals surface area (Å²) in [4.78, 5) is 14.7. The molecule has 0 aromatic heterocycles. The van der Waals surface area contributed by atoms with E-state index in [0.29, 0.717) is 12.5 Å². The molecule has 4 nitrogen and oxygen atoms in total. The Hall–Kier alpha value is -1.55. The molecule has 2 aliphatic rings. The number of hydrogen-bond donors (Lipinski definition) is 1. The molecule has 0 saturated carbocycles. The molecule has 2 aliphatic heterocycles. The van der Waals surface area contributed by atoms with E-state index in [1.54, 1.807) is 0 Å². The van der Waals surface area contributed by atoms with Gasteiger partial charge < -0.3 is 15.4 Å². The number of rotatable bonds is 2. The van der Waals surface area contributed by atoms with Gasteiger partial charge in [0.25, 0.3) is 5.91 Å². The van der Waals surface area contributed by atoms with Crippen molar-refractivity contribution in [1.29, 1.82) is 0 Å². The largest absolute Gasteiger partial charge is 0.493 e. The highest BCUT2D eigenvalue weighted by Gasteiger charge is 2.31. The van der Waals surface area contributed by atoms with Crippen LogP contribution in [0.2, 0.25) is 0 Å². The predicted molar refractivity (Wildman–Crippen MR) is 77.9 cm³/mol. The van der Waals surface area contributed by atoms with Crippen molar-refractivity contribution < 1.29 is 9.53 Å². The summed E-state index contributed by atoms with van der Waals surface area (Å²) in [7, 11) is 0. The summed E-state index contributed by atoms with van der Waals surface area (Å²) in [6, 6.07) is 5.94. The van der Waals surface area contributed by atoms with Crippen LogP contribution in [0.15, 0.2) is 18.2 Å². The molecule has 0 spiro atoms. The number of carbonyl (C=O) groups is 1. The fourth-order valence-electron chi connectivity index (χ4n) is 3.35. The van der Waals surface area contributed by atoms with Gasteiger partial charge in [-0.25, -0.2) is 0 Å². The molecule has 2 heterocycles. The Morgan fingerprint density at radius 1 is 1.50 bits per heavy atom. The van der Waals surface area contributed by atoms with Crippen molar-refractivity contribution in [2.45, 2.75) is 32.2 Å². The Morgan fingerprint density at radius 2 is 2.35 bits per heavy atom. The lowest BCUT2D eigenvalue weighted by molar-refractivity contribution is 0.0532. The summed E-state index contributed by atoms with van der Waals surface area (Å²) in [6.45, 7) is 4.27. The average Bonchev–Trinajstić information content (AvgIpc) is 2.93. The van der Waals surface area contributed by atoms with Crippen LogP contribution in [0.4, 0.5) is 0 Å². The van der Waals surface area contributed by atoms with Gasteiger partial charge in [-0.3, -0.25) is 4.79 Å². The Bertz CT molecular complexity index is 515. The van der Waals surface area contributed by atoms with E-state index < -0.39 is 0 Å².